The van der Waals surface area contributed by atoms with Crippen molar-refractivity contribution in [1.82, 2.24) is 19.9 Å². The van der Waals surface area contributed by atoms with Crippen molar-refractivity contribution in [3.8, 4) is 5.75 Å². The molecule has 0 fully saturated rings. The Morgan fingerprint density at radius 3 is 2.07 bits per heavy atom. The number of H-pyrrole nitrogens is 2. The maximum Gasteiger partial charge on any atom is 0.168 e. The van der Waals surface area contributed by atoms with E-state index in [9.17, 15) is 0 Å². The quantitative estimate of drug-likeness (QED) is 0.345. The molecule has 8 bridgehead atoms. The van der Waals surface area contributed by atoms with Crippen LogP contribution in [0.5, 0.6) is 5.75 Å². The van der Waals surface area contributed by atoms with E-state index in [1.165, 1.54) is 0 Å². The van der Waals surface area contributed by atoms with Crippen molar-refractivity contribution in [3.63, 3.8) is 0 Å². The number of hydrogen-bond donors (Lipinski definition) is 4. The summed E-state index contributed by atoms with van der Waals surface area (Å²) in [5.41, 5.74) is 18.4. The van der Waals surface area contributed by atoms with E-state index in [1.807, 2.05) is 66.8 Å². The second kappa shape index (κ2) is 7.62. The third-order valence-electron chi connectivity index (χ3n) is 4.87. The molecule has 2 aliphatic rings. The molecule has 0 aliphatic carbocycles. The van der Waals surface area contributed by atoms with Gasteiger partial charge in [-0.15, -0.1) is 0 Å². The van der Waals surface area contributed by atoms with E-state index in [0.717, 1.165) is 44.8 Å². The number of nitrogens with one attached hydrogen (secondary N) is 2. The number of ether oxygens (including phenoxy) is 1. The molecule has 6 N–H and O–H groups in total. The van der Waals surface area contributed by atoms with Crippen molar-refractivity contribution < 1.29 is 4.74 Å². The van der Waals surface area contributed by atoms with Gasteiger partial charge in [-0.2, -0.15) is 0 Å². The Labute approximate surface area is 173 Å². The van der Waals surface area contributed by atoms with Crippen molar-refractivity contribution >= 4 is 46.4 Å². The second-order valence-electron chi connectivity index (χ2n) is 7.31. The standard InChI is InChI=1S/C23H22N6O/c24-22(25)9-10-30-23-20-7-5-18(28-20)12-16-3-1-14(26-16)11-15-2-4-17(27-15)13-19-6-8-21(23)29-19/h1-8,11-13,22,26,29H,9-10,24-25H2. The molecule has 150 valence electrons. The zero-order valence-electron chi connectivity index (χ0n) is 16.3. The molecule has 3 aromatic rings. The average molecular weight is 398 g/mol. The van der Waals surface area contributed by atoms with Crippen molar-refractivity contribution in [2.45, 2.75) is 12.6 Å². The molecule has 7 heteroatoms. The Kier molecular flexibility index (Phi) is 4.66. The van der Waals surface area contributed by atoms with Gasteiger partial charge in [0.25, 0.3) is 0 Å². The Morgan fingerprint density at radius 1 is 0.767 bits per heavy atom. The number of fused-ring (bicyclic) bond motifs is 8. The maximum absolute atomic E-state index is 6.06. The summed E-state index contributed by atoms with van der Waals surface area (Å²) in [6.07, 6.45) is 8.04. The zero-order valence-corrected chi connectivity index (χ0v) is 16.3. The zero-order chi connectivity index (χ0) is 20.5. The summed E-state index contributed by atoms with van der Waals surface area (Å²) in [5.74, 6) is 0.665. The first-order chi connectivity index (χ1) is 14.6. The molecular formula is C23H22N6O. The van der Waals surface area contributed by atoms with Crippen LogP contribution in [-0.4, -0.2) is 32.7 Å². The molecule has 7 nitrogen and oxygen atoms in total. The SMILES string of the molecule is NC(N)CCOc1c2nc(cc3ccc(cc4nc(cc5ccc1[nH]5)C=C4)[nH]3)C=C2. The number of hydrogen-bond acceptors (Lipinski definition) is 5. The lowest BCUT2D eigenvalue weighted by molar-refractivity contribution is 0.300. The first-order valence-corrected chi connectivity index (χ1v) is 9.84. The topological polar surface area (TPSA) is 119 Å². The smallest absolute Gasteiger partial charge is 0.168 e. The normalized spacial score (nSPS) is 12.6. The molecule has 0 spiro atoms. The number of aromatic nitrogens is 4. The summed E-state index contributed by atoms with van der Waals surface area (Å²) in [6.45, 7) is 0.403. The van der Waals surface area contributed by atoms with Gasteiger partial charge in [-0.25, -0.2) is 9.97 Å². The Morgan fingerprint density at radius 2 is 1.37 bits per heavy atom. The van der Waals surface area contributed by atoms with Gasteiger partial charge in [0.15, 0.2) is 5.75 Å². The summed E-state index contributed by atoms with van der Waals surface area (Å²) in [7, 11) is 0. The monoisotopic (exact) mass is 398 g/mol. The largest absolute Gasteiger partial charge is 0.489 e. The van der Waals surface area contributed by atoms with E-state index in [4.69, 9.17) is 21.2 Å². The first-order valence-electron chi connectivity index (χ1n) is 9.84. The molecule has 5 heterocycles. The van der Waals surface area contributed by atoms with Gasteiger partial charge < -0.3 is 26.2 Å². The van der Waals surface area contributed by atoms with E-state index in [2.05, 4.69) is 15.0 Å². The van der Waals surface area contributed by atoms with Crippen molar-refractivity contribution in [2.24, 2.45) is 11.5 Å². The van der Waals surface area contributed by atoms with Gasteiger partial charge in [0.1, 0.15) is 5.69 Å². The summed E-state index contributed by atoms with van der Waals surface area (Å²) < 4.78 is 6.06. The molecule has 0 radical (unpaired) electrons. The highest BCUT2D eigenvalue weighted by atomic mass is 16.5. The van der Waals surface area contributed by atoms with Gasteiger partial charge in [0.2, 0.25) is 0 Å². The molecule has 0 saturated heterocycles. The summed E-state index contributed by atoms with van der Waals surface area (Å²) >= 11 is 0. The van der Waals surface area contributed by atoms with Crippen LogP contribution in [0.2, 0.25) is 0 Å². The van der Waals surface area contributed by atoms with Crippen LogP contribution in [0.4, 0.5) is 0 Å². The van der Waals surface area contributed by atoms with Gasteiger partial charge >= 0.3 is 0 Å². The molecule has 0 aromatic carbocycles. The molecule has 0 unspecified atom stereocenters. The molecular weight excluding hydrogens is 376 g/mol. The predicted molar refractivity (Wildman–Crippen MR) is 121 cm³/mol. The number of rotatable bonds is 4. The molecule has 0 amide bonds. The Hall–Kier alpha value is -3.68. The highest BCUT2D eigenvalue weighted by Crippen LogP contribution is 2.27. The summed E-state index contributed by atoms with van der Waals surface area (Å²) in [4.78, 5) is 16.2. The fourth-order valence-electron chi connectivity index (χ4n) is 3.43. The molecule has 3 aromatic heterocycles. The number of aromatic amines is 2. The van der Waals surface area contributed by atoms with Crippen molar-refractivity contribution in [3.05, 3.63) is 65.2 Å². The lowest BCUT2D eigenvalue weighted by Gasteiger charge is -2.09. The summed E-state index contributed by atoms with van der Waals surface area (Å²) in [6, 6.07) is 14.0. The van der Waals surface area contributed by atoms with Crippen LogP contribution in [0.3, 0.4) is 0 Å². The predicted octanol–water partition coefficient (Wildman–Crippen LogP) is 3.67. The molecule has 30 heavy (non-hydrogen) atoms. The third-order valence-corrected chi connectivity index (χ3v) is 4.87. The Bertz CT molecular complexity index is 1310. The summed E-state index contributed by atoms with van der Waals surface area (Å²) in [5, 5.41) is 0. The van der Waals surface area contributed by atoms with E-state index in [0.29, 0.717) is 18.8 Å². The van der Waals surface area contributed by atoms with Gasteiger partial charge in [-0.1, -0.05) is 0 Å². The van der Waals surface area contributed by atoms with Gasteiger partial charge in [0.05, 0.1) is 35.4 Å². The highest BCUT2D eigenvalue weighted by molar-refractivity contribution is 5.81. The molecule has 2 aliphatic heterocycles. The minimum Gasteiger partial charge on any atom is -0.489 e. The van der Waals surface area contributed by atoms with Gasteiger partial charge in [-0.3, -0.25) is 0 Å². The van der Waals surface area contributed by atoms with Crippen LogP contribution in [0.1, 0.15) is 29.2 Å². The van der Waals surface area contributed by atoms with Crippen LogP contribution in [0.25, 0.3) is 46.4 Å². The fourth-order valence-corrected chi connectivity index (χ4v) is 3.43. The van der Waals surface area contributed by atoms with Crippen LogP contribution in [-0.2, 0) is 0 Å². The number of nitrogens with two attached hydrogens (primary N) is 2. The second-order valence-corrected chi connectivity index (χ2v) is 7.31. The van der Waals surface area contributed by atoms with Crippen molar-refractivity contribution in [1.29, 1.82) is 0 Å². The van der Waals surface area contributed by atoms with E-state index in [1.54, 1.807) is 0 Å². The minimum absolute atomic E-state index is 0.403. The molecule has 0 saturated carbocycles. The van der Waals surface area contributed by atoms with Gasteiger partial charge in [-0.05, 0) is 66.8 Å². The molecule has 0 atom stereocenters. The average Bonchev–Trinajstić information content (AvgIpc) is 3.49. The third kappa shape index (κ3) is 3.89. The minimum atomic E-state index is -0.419. The van der Waals surface area contributed by atoms with Crippen molar-refractivity contribution in [2.75, 3.05) is 6.61 Å². The van der Waals surface area contributed by atoms with Crippen LogP contribution in [0, 0.1) is 0 Å². The highest BCUT2D eigenvalue weighted by Gasteiger charge is 2.10. The van der Waals surface area contributed by atoms with E-state index >= 15 is 0 Å². The van der Waals surface area contributed by atoms with Crippen LogP contribution < -0.4 is 16.2 Å². The number of nitrogens with zero attached hydrogens (tertiary/aromatic N) is 2. The molecule has 5 rings (SSSR count). The van der Waals surface area contributed by atoms with Gasteiger partial charge in [0, 0.05) is 23.0 Å². The van der Waals surface area contributed by atoms with E-state index in [-0.39, 0.29) is 0 Å². The lowest BCUT2D eigenvalue weighted by Crippen LogP contribution is -2.32. The van der Waals surface area contributed by atoms with Crippen LogP contribution >= 0.6 is 0 Å². The maximum atomic E-state index is 6.06. The first kappa shape index (κ1) is 18.4. The lowest BCUT2D eigenvalue weighted by atomic mass is 10.3. The Balaban J connectivity index is 1.74. The van der Waals surface area contributed by atoms with E-state index < -0.39 is 6.17 Å². The fraction of sp³-hybridized carbons (Fsp3) is 0.130. The van der Waals surface area contributed by atoms with Crippen LogP contribution in [0.15, 0.2) is 42.5 Å².